The van der Waals surface area contributed by atoms with E-state index in [1.807, 2.05) is 18.2 Å². The second-order valence-corrected chi connectivity index (χ2v) is 15.6. The van der Waals surface area contributed by atoms with E-state index in [4.69, 9.17) is 9.15 Å². The molecule has 0 amide bonds. The Morgan fingerprint density at radius 2 is 1.55 bits per heavy atom. The van der Waals surface area contributed by atoms with Crippen LogP contribution in [0.25, 0.3) is 72.3 Å². The Morgan fingerprint density at radius 3 is 2.38 bits per heavy atom. The van der Waals surface area contributed by atoms with Gasteiger partial charge in [-0.2, -0.15) is 0 Å². The first-order valence-electron chi connectivity index (χ1n) is 20.4. The Bertz CT molecular complexity index is 3170. The third-order valence-corrected chi connectivity index (χ3v) is 12.2. The molecule has 3 aliphatic rings. The van der Waals surface area contributed by atoms with Crippen LogP contribution in [0.1, 0.15) is 44.1 Å². The van der Waals surface area contributed by atoms with Gasteiger partial charge in [0.1, 0.15) is 22.9 Å². The molecular formula is C54H46N2O2. The van der Waals surface area contributed by atoms with Crippen LogP contribution in [0.3, 0.4) is 0 Å². The molecule has 0 radical (unpaired) electrons. The molecule has 284 valence electrons. The maximum Gasteiger partial charge on any atom is 0.135 e. The largest absolute Gasteiger partial charge is 0.485 e. The Morgan fingerprint density at radius 1 is 0.810 bits per heavy atom. The monoisotopic (exact) mass is 754 g/mol. The van der Waals surface area contributed by atoms with Crippen LogP contribution < -0.4 is 15.4 Å². The average molecular weight is 755 g/mol. The minimum Gasteiger partial charge on any atom is -0.485 e. The van der Waals surface area contributed by atoms with Crippen molar-refractivity contribution in [3.63, 3.8) is 0 Å². The molecule has 3 unspecified atom stereocenters. The predicted molar refractivity (Wildman–Crippen MR) is 244 cm³/mol. The lowest BCUT2D eigenvalue weighted by Crippen LogP contribution is -2.38. The summed E-state index contributed by atoms with van der Waals surface area (Å²) in [5.74, 6) is 1.14. The number of hydrogen-bond donors (Lipinski definition) is 0. The number of allylic oxidation sites excluding steroid dienone is 5. The number of hydrogen-bond acceptors (Lipinski definition) is 3. The molecule has 3 atom stereocenters. The van der Waals surface area contributed by atoms with E-state index >= 15 is 0 Å². The van der Waals surface area contributed by atoms with Crippen molar-refractivity contribution < 1.29 is 9.15 Å². The quantitative estimate of drug-likeness (QED) is 0.109. The van der Waals surface area contributed by atoms with E-state index in [1.165, 1.54) is 65.4 Å². The number of fused-ring (bicyclic) bond motifs is 12. The first-order valence-corrected chi connectivity index (χ1v) is 20.4. The molecule has 2 aliphatic carbocycles. The second kappa shape index (κ2) is 14.3. The molecule has 0 bridgehead atoms. The normalized spacial score (nSPS) is 17.7. The molecule has 4 heteroatoms. The van der Waals surface area contributed by atoms with Crippen LogP contribution in [0.4, 0.5) is 0 Å². The van der Waals surface area contributed by atoms with Crippen LogP contribution >= 0.6 is 0 Å². The lowest BCUT2D eigenvalue weighted by atomic mass is 9.89. The van der Waals surface area contributed by atoms with E-state index in [-0.39, 0.29) is 18.1 Å². The third-order valence-electron chi connectivity index (χ3n) is 12.2. The summed E-state index contributed by atoms with van der Waals surface area (Å²) in [5, 5.41) is 7.56. The maximum absolute atomic E-state index is 6.75. The van der Waals surface area contributed by atoms with Gasteiger partial charge in [-0.05, 0) is 85.4 Å². The lowest BCUT2D eigenvalue weighted by Gasteiger charge is -2.36. The average Bonchev–Trinajstić information content (AvgIpc) is 4.02. The molecule has 0 fully saturated rings. The summed E-state index contributed by atoms with van der Waals surface area (Å²) in [7, 11) is 0. The maximum atomic E-state index is 6.75. The predicted octanol–water partition coefficient (Wildman–Crippen LogP) is 12.5. The number of nitrogens with zero attached hydrogens (tertiary/aromatic N) is 2. The van der Waals surface area contributed by atoms with Gasteiger partial charge in [0.25, 0.3) is 0 Å². The Labute approximate surface area is 339 Å². The fourth-order valence-electron chi connectivity index (χ4n) is 9.29. The number of rotatable bonds is 9. The smallest absolute Gasteiger partial charge is 0.135 e. The van der Waals surface area contributed by atoms with Crippen molar-refractivity contribution in [1.29, 1.82) is 0 Å². The number of para-hydroxylation sites is 3. The van der Waals surface area contributed by atoms with Crippen LogP contribution in [-0.4, -0.2) is 21.4 Å². The van der Waals surface area contributed by atoms with Gasteiger partial charge in [0.2, 0.25) is 0 Å². The van der Waals surface area contributed by atoms with Gasteiger partial charge < -0.3 is 18.5 Å². The summed E-state index contributed by atoms with van der Waals surface area (Å²) in [5.41, 5.74) is 12.6. The van der Waals surface area contributed by atoms with Crippen LogP contribution in [0, 0.1) is 0 Å². The molecule has 4 heterocycles. The zero-order valence-electron chi connectivity index (χ0n) is 33.0. The second-order valence-electron chi connectivity index (χ2n) is 15.6. The molecule has 8 aromatic rings. The molecule has 0 N–H and O–H groups in total. The van der Waals surface area contributed by atoms with E-state index in [0.29, 0.717) is 0 Å². The molecule has 5 aromatic carbocycles. The van der Waals surface area contributed by atoms with Crippen molar-refractivity contribution >= 4 is 61.2 Å². The summed E-state index contributed by atoms with van der Waals surface area (Å²) >= 11 is 0. The Kier molecular flexibility index (Phi) is 8.79. The van der Waals surface area contributed by atoms with Gasteiger partial charge in [-0.25, -0.2) is 0 Å². The van der Waals surface area contributed by atoms with Gasteiger partial charge in [0.15, 0.2) is 0 Å². The highest BCUT2D eigenvalue weighted by atomic mass is 16.5. The first-order chi connectivity index (χ1) is 28.4. The minimum atomic E-state index is -0.0708. The van der Waals surface area contributed by atoms with Gasteiger partial charge >= 0.3 is 0 Å². The molecule has 0 saturated heterocycles. The topological polar surface area (TPSA) is 30.0 Å². The van der Waals surface area contributed by atoms with Crippen LogP contribution in [0.5, 0.6) is 5.75 Å². The fraction of sp³-hybridized carbons (Fsp3) is 0.148. The number of benzene rings is 5. The minimum absolute atomic E-state index is 0.0708. The van der Waals surface area contributed by atoms with Gasteiger partial charge in [0.05, 0.1) is 22.6 Å². The summed E-state index contributed by atoms with van der Waals surface area (Å²) in [4.78, 5) is 2.38. The molecular weight excluding hydrogens is 709 g/mol. The molecule has 0 spiro atoms. The Balaban J connectivity index is 0.000000465. The summed E-state index contributed by atoms with van der Waals surface area (Å²) in [6.07, 6.45) is 18.8. The van der Waals surface area contributed by atoms with Crippen LogP contribution in [0.2, 0.25) is 0 Å². The van der Waals surface area contributed by atoms with E-state index < -0.39 is 0 Å². The van der Waals surface area contributed by atoms with Crippen molar-refractivity contribution in [3.8, 4) is 16.9 Å². The number of aromatic nitrogens is 1. The Hall–Kier alpha value is -6.78. The summed E-state index contributed by atoms with van der Waals surface area (Å²) in [6, 6.07) is 37.5. The molecule has 3 aromatic heterocycles. The molecule has 4 nitrogen and oxygen atoms in total. The van der Waals surface area contributed by atoms with Crippen molar-refractivity contribution in [2.24, 2.45) is 0 Å². The zero-order valence-corrected chi connectivity index (χ0v) is 33.0. The molecule has 1 aliphatic heterocycles. The lowest BCUT2D eigenvalue weighted by molar-refractivity contribution is 0.260. The van der Waals surface area contributed by atoms with Crippen molar-refractivity contribution in [2.45, 2.75) is 50.7 Å². The molecule has 11 rings (SSSR count). The molecule has 0 saturated carbocycles. The van der Waals surface area contributed by atoms with Crippen molar-refractivity contribution in [3.05, 3.63) is 193 Å². The van der Waals surface area contributed by atoms with Gasteiger partial charge in [-0.3, -0.25) is 0 Å². The van der Waals surface area contributed by atoms with Gasteiger partial charge in [0, 0.05) is 55.0 Å². The van der Waals surface area contributed by atoms with Crippen LogP contribution in [-0.2, 0) is 0 Å². The molecule has 58 heavy (non-hydrogen) atoms. The third kappa shape index (κ3) is 5.74. The highest BCUT2D eigenvalue weighted by Gasteiger charge is 2.35. The zero-order chi connectivity index (χ0) is 39.5. The van der Waals surface area contributed by atoms with Crippen molar-refractivity contribution in [2.75, 3.05) is 0 Å². The van der Waals surface area contributed by atoms with E-state index in [1.54, 1.807) is 6.08 Å². The highest BCUT2D eigenvalue weighted by Crippen LogP contribution is 2.46. The van der Waals surface area contributed by atoms with Gasteiger partial charge in [-0.1, -0.05) is 129 Å². The summed E-state index contributed by atoms with van der Waals surface area (Å²) in [6.45, 7) is 17.6. The van der Waals surface area contributed by atoms with E-state index in [2.05, 4.69) is 164 Å². The van der Waals surface area contributed by atoms with Gasteiger partial charge in [-0.15, -0.1) is 6.58 Å². The van der Waals surface area contributed by atoms with Crippen LogP contribution in [0.15, 0.2) is 181 Å². The summed E-state index contributed by atoms with van der Waals surface area (Å²) < 4.78 is 15.5. The highest BCUT2D eigenvalue weighted by molar-refractivity contribution is 6.23. The van der Waals surface area contributed by atoms with E-state index in [0.717, 1.165) is 59.4 Å². The number of ether oxygens (including phenoxy) is 1. The standard InChI is InChI=1S/C46H34N2O2.C8H12/c1-3-27(2)47(30-17-20-35-33-10-5-7-14-42(33)49-44(35)25-30)31-18-21-36-34-19-15-29(24-43(34)50-45(36)26-31)28-16-22-41-39(23-28)38-12-8-11-37-32-9-4-6-13-40(32)48(41)46(37)38;1-4-6-7-8(3)5-2/h4-16,18-26,30,36,45H,2-3,17H2,1H3;4-5H,1-3,6-7H2. The first kappa shape index (κ1) is 35.6. The number of furan rings is 1. The fourth-order valence-corrected chi connectivity index (χ4v) is 9.29. The van der Waals surface area contributed by atoms with Crippen molar-refractivity contribution in [1.82, 2.24) is 9.30 Å². The van der Waals surface area contributed by atoms with E-state index in [9.17, 15) is 0 Å². The SMILES string of the molecule is C=C(CC)N(C1=CC2Oc3cc(-c4ccc5c(c4)c4cccc6c7ccccc7n5c64)ccc3C2C=C1)C1C=c2oc3ccccc3c2=CC1.C=CCCC(=C)C=C.